The van der Waals surface area contributed by atoms with Crippen molar-refractivity contribution < 1.29 is 0 Å². The zero-order chi connectivity index (χ0) is 11.8. The summed E-state index contributed by atoms with van der Waals surface area (Å²) in [6.45, 7) is 8.81. The lowest BCUT2D eigenvalue weighted by atomic mass is 9.72. The Morgan fingerprint density at radius 2 is 2.06 bits per heavy atom. The van der Waals surface area contributed by atoms with Gasteiger partial charge in [0.15, 0.2) is 5.96 Å². The highest BCUT2D eigenvalue weighted by atomic mass is 15.4. The van der Waals surface area contributed by atoms with E-state index in [4.69, 9.17) is 5.73 Å². The lowest BCUT2D eigenvalue weighted by Crippen LogP contribution is -2.53. The van der Waals surface area contributed by atoms with E-state index in [1.54, 1.807) is 0 Å². The Morgan fingerprint density at radius 1 is 1.44 bits per heavy atom. The van der Waals surface area contributed by atoms with Gasteiger partial charge in [0.1, 0.15) is 0 Å². The molecule has 2 rings (SSSR count). The van der Waals surface area contributed by atoms with Crippen molar-refractivity contribution in [3.63, 3.8) is 0 Å². The summed E-state index contributed by atoms with van der Waals surface area (Å²) in [5, 5.41) is 0. The molecule has 3 heteroatoms. The summed E-state index contributed by atoms with van der Waals surface area (Å²) in [7, 11) is 0. The van der Waals surface area contributed by atoms with Crippen molar-refractivity contribution in [2.24, 2.45) is 22.6 Å². The fraction of sp³-hybridized carbons (Fsp3) is 0.923. The fourth-order valence-electron chi connectivity index (χ4n) is 3.41. The average molecular weight is 223 g/mol. The number of aliphatic imine (C=N–C) groups is 1. The molecule has 16 heavy (non-hydrogen) atoms. The molecular formula is C13H25N3. The van der Waals surface area contributed by atoms with Gasteiger partial charge in [-0.15, -0.1) is 0 Å². The van der Waals surface area contributed by atoms with E-state index >= 15 is 0 Å². The zero-order valence-corrected chi connectivity index (χ0v) is 10.9. The van der Waals surface area contributed by atoms with Gasteiger partial charge in [-0.1, -0.05) is 13.8 Å². The lowest BCUT2D eigenvalue weighted by molar-refractivity contribution is 0.105. The Bertz CT molecular complexity index is 275. The summed E-state index contributed by atoms with van der Waals surface area (Å²) < 4.78 is 0. The number of hydrogen-bond acceptors (Lipinski definition) is 3. The highest BCUT2D eigenvalue weighted by molar-refractivity contribution is 5.81. The molecule has 0 aromatic carbocycles. The van der Waals surface area contributed by atoms with Crippen molar-refractivity contribution >= 4 is 5.96 Å². The van der Waals surface area contributed by atoms with Crippen LogP contribution in [0.2, 0.25) is 0 Å². The van der Waals surface area contributed by atoms with Gasteiger partial charge >= 0.3 is 0 Å². The van der Waals surface area contributed by atoms with Crippen LogP contribution < -0.4 is 5.73 Å². The Hall–Kier alpha value is -0.730. The Morgan fingerprint density at radius 3 is 2.56 bits per heavy atom. The predicted octanol–water partition coefficient (Wildman–Crippen LogP) is 2.22. The van der Waals surface area contributed by atoms with E-state index in [9.17, 15) is 0 Å². The Balaban J connectivity index is 2.02. The van der Waals surface area contributed by atoms with Gasteiger partial charge in [0.05, 0.1) is 12.1 Å². The van der Waals surface area contributed by atoms with E-state index in [1.165, 1.54) is 25.7 Å². The molecule has 0 aromatic heterocycles. The molecular weight excluding hydrogens is 198 g/mol. The van der Waals surface area contributed by atoms with Crippen molar-refractivity contribution in [2.45, 2.75) is 52.0 Å². The van der Waals surface area contributed by atoms with Crippen molar-refractivity contribution in [1.29, 1.82) is 0 Å². The highest BCUT2D eigenvalue weighted by Gasteiger charge is 2.44. The third kappa shape index (κ3) is 1.80. The molecule has 0 radical (unpaired) electrons. The standard InChI is InChI=1S/C13H25N3/c1-4-16-12(14)15-9-13(16)7-5-11(6-8-13)10(2)3/h10-11H,4-9H2,1-3H3,(H2,14,15). The van der Waals surface area contributed by atoms with Crippen LogP contribution in [0.5, 0.6) is 0 Å². The second kappa shape index (κ2) is 4.27. The number of nitrogens with two attached hydrogens (primary N) is 1. The average Bonchev–Trinajstić information content (AvgIpc) is 2.56. The maximum Gasteiger partial charge on any atom is 0.191 e. The SMILES string of the molecule is CCN1C(N)=NCC12CCC(C(C)C)CC2. The summed E-state index contributed by atoms with van der Waals surface area (Å²) in [6, 6.07) is 0. The molecule has 1 aliphatic heterocycles. The first-order valence-corrected chi connectivity index (χ1v) is 6.66. The first-order valence-electron chi connectivity index (χ1n) is 6.66. The molecule has 2 aliphatic rings. The summed E-state index contributed by atoms with van der Waals surface area (Å²) in [4.78, 5) is 6.79. The molecule has 1 saturated carbocycles. The van der Waals surface area contributed by atoms with Gasteiger partial charge in [0.2, 0.25) is 0 Å². The topological polar surface area (TPSA) is 41.6 Å². The maximum atomic E-state index is 5.97. The Kier molecular flexibility index (Phi) is 3.13. The summed E-state index contributed by atoms with van der Waals surface area (Å²) in [5.74, 6) is 2.50. The molecule has 1 aliphatic carbocycles. The van der Waals surface area contributed by atoms with Crippen LogP contribution in [0.1, 0.15) is 46.5 Å². The molecule has 0 unspecified atom stereocenters. The maximum absolute atomic E-state index is 5.97. The second-order valence-corrected chi connectivity index (χ2v) is 5.72. The van der Waals surface area contributed by atoms with Crippen LogP contribution >= 0.6 is 0 Å². The minimum absolute atomic E-state index is 0.282. The van der Waals surface area contributed by atoms with E-state index in [1.807, 2.05) is 0 Å². The summed E-state index contributed by atoms with van der Waals surface area (Å²) >= 11 is 0. The normalized spacial score (nSPS) is 34.9. The molecule has 1 heterocycles. The molecule has 2 N–H and O–H groups in total. The van der Waals surface area contributed by atoms with Crippen LogP contribution in [0.4, 0.5) is 0 Å². The first-order chi connectivity index (χ1) is 7.59. The van der Waals surface area contributed by atoms with Crippen LogP contribution in [0.3, 0.4) is 0 Å². The molecule has 0 aromatic rings. The molecule has 0 saturated heterocycles. The van der Waals surface area contributed by atoms with Gasteiger partial charge < -0.3 is 10.6 Å². The van der Waals surface area contributed by atoms with Crippen LogP contribution in [-0.2, 0) is 0 Å². The van der Waals surface area contributed by atoms with Crippen molar-refractivity contribution in [1.82, 2.24) is 4.90 Å². The first kappa shape index (κ1) is 11.7. The monoisotopic (exact) mass is 223 g/mol. The highest BCUT2D eigenvalue weighted by Crippen LogP contribution is 2.41. The summed E-state index contributed by atoms with van der Waals surface area (Å²) in [6.07, 6.45) is 5.23. The van der Waals surface area contributed by atoms with Gasteiger partial charge in [0.25, 0.3) is 0 Å². The van der Waals surface area contributed by atoms with Gasteiger partial charge in [-0.3, -0.25) is 4.99 Å². The fourth-order valence-corrected chi connectivity index (χ4v) is 3.41. The van der Waals surface area contributed by atoms with E-state index in [0.29, 0.717) is 0 Å². The third-order valence-electron chi connectivity index (χ3n) is 4.60. The molecule has 0 amide bonds. The zero-order valence-electron chi connectivity index (χ0n) is 10.9. The van der Waals surface area contributed by atoms with Crippen LogP contribution in [-0.4, -0.2) is 29.5 Å². The molecule has 3 nitrogen and oxygen atoms in total. The quantitative estimate of drug-likeness (QED) is 0.780. The van der Waals surface area contributed by atoms with Crippen LogP contribution in [0.15, 0.2) is 4.99 Å². The van der Waals surface area contributed by atoms with Gasteiger partial charge in [-0.05, 0) is 44.4 Å². The number of rotatable bonds is 2. The molecule has 1 spiro atoms. The van der Waals surface area contributed by atoms with Crippen molar-refractivity contribution in [3.05, 3.63) is 0 Å². The van der Waals surface area contributed by atoms with E-state index < -0.39 is 0 Å². The van der Waals surface area contributed by atoms with Gasteiger partial charge in [-0.25, -0.2) is 0 Å². The largest absolute Gasteiger partial charge is 0.370 e. The molecule has 0 atom stereocenters. The predicted molar refractivity (Wildman–Crippen MR) is 68.4 cm³/mol. The Labute approximate surface area is 99.1 Å². The molecule has 1 fully saturated rings. The number of likely N-dealkylation sites (N-methyl/N-ethyl adjacent to an activating group) is 1. The van der Waals surface area contributed by atoms with E-state index in [2.05, 4.69) is 30.7 Å². The summed E-state index contributed by atoms with van der Waals surface area (Å²) in [5.41, 5.74) is 6.25. The molecule has 92 valence electrons. The molecule has 0 bridgehead atoms. The minimum atomic E-state index is 0.282. The van der Waals surface area contributed by atoms with Crippen LogP contribution in [0, 0.1) is 11.8 Å². The van der Waals surface area contributed by atoms with Crippen molar-refractivity contribution in [3.8, 4) is 0 Å². The van der Waals surface area contributed by atoms with Gasteiger partial charge in [-0.2, -0.15) is 0 Å². The van der Waals surface area contributed by atoms with Crippen molar-refractivity contribution in [2.75, 3.05) is 13.1 Å². The number of hydrogen-bond donors (Lipinski definition) is 1. The smallest absolute Gasteiger partial charge is 0.191 e. The van der Waals surface area contributed by atoms with E-state index in [0.717, 1.165) is 30.9 Å². The third-order valence-corrected chi connectivity index (χ3v) is 4.60. The number of nitrogens with zero attached hydrogens (tertiary/aromatic N) is 2. The van der Waals surface area contributed by atoms with Crippen LogP contribution in [0.25, 0.3) is 0 Å². The lowest BCUT2D eigenvalue weighted by Gasteiger charge is -2.44. The number of guanidine groups is 1. The van der Waals surface area contributed by atoms with E-state index in [-0.39, 0.29) is 5.54 Å². The van der Waals surface area contributed by atoms with Gasteiger partial charge in [0, 0.05) is 6.54 Å². The second-order valence-electron chi connectivity index (χ2n) is 5.72. The minimum Gasteiger partial charge on any atom is -0.370 e.